The first-order chi connectivity index (χ1) is 14.0. The van der Waals surface area contributed by atoms with E-state index in [-0.39, 0.29) is 5.09 Å². The topological polar surface area (TPSA) is 92.7 Å². The average Bonchev–Trinajstić information content (AvgIpc) is 3.25. The smallest absolute Gasteiger partial charge is 0.276 e. The number of hydrogen-bond donors (Lipinski definition) is 0. The Morgan fingerprint density at radius 2 is 1.83 bits per heavy atom. The summed E-state index contributed by atoms with van der Waals surface area (Å²) in [6, 6.07) is 9.61. The van der Waals surface area contributed by atoms with Gasteiger partial charge in [0.1, 0.15) is 6.26 Å². The zero-order valence-corrected chi connectivity index (χ0v) is 16.9. The third-order valence-electron chi connectivity index (χ3n) is 5.48. The highest BCUT2D eigenvalue weighted by atomic mass is 32.2. The summed E-state index contributed by atoms with van der Waals surface area (Å²) in [6.45, 7) is 4.13. The first-order valence-corrected chi connectivity index (χ1v) is 11.2. The summed E-state index contributed by atoms with van der Waals surface area (Å²) in [7, 11) is -3.71. The van der Waals surface area contributed by atoms with Gasteiger partial charge in [0.2, 0.25) is 11.0 Å². The summed E-state index contributed by atoms with van der Waals surface area (Å²) < 4.78 is 38.5. The molecule has 1 saturated carbocycles. The molecule has 2 fully saturated rings. The van der Waals surface area contributed by atoms with Crippen LogP contribution in [0.2, 0.25) is 0 Å². The van der Waals surface area contributed by atoms with Crippen LogP contribution in [0.15, 0.2) is 50.5 Å². The van der Waals surface area contributed by atoms with Gasteiger partial charge in [0.05, 0.1) is 5.56 Å². The van der Waals surface area contributed by atoms with Gasteiger partial charge in [0.25, 0.3) is 15.9 Å². The minimum atomic E-state index is -3.71. The number of nitrogens with zero attached hydrogens (tertiary/aromatic N) is 4. The molecule has 152 valence electrons. The van der Waals surface area contributed by atoms with E-state index in [1.165, 1.54) is 22.2 Å². The predicted molar refractivity (Wildman–Crippen MR) is 106 cm³/mol. The van der Waals surface area contributed by atoms with Crippen LogP contribution in [0.5, 0.6) is 0 Å². The van der Waals surface area contributed by atoms with Gasteiger partial charge in [-0.15, -0.1) is 10.2 Å². The summed E-state index contributed by atoms with van der Waals surface area (Å²) in [6.07, 6.45) is 3.48. The Kier molecular flexibility index (Phi) is 4.44. The summed E-state index contributed by atoms with van der Waals surface area (Å²) >= 11 is 0. The van der Waals surface area contributed by atoms with E-state index in [1.54, 1.807) is 0 Å². The zero-order chi connectivity index (χ0) is 20.0. The molecule has 0 amide bonds. The first-order valence-electron chi connectivity index (χ1n) is 9.75. The molecule has 8 nitrogen and oxygen atoms in total. The summed E-state index contributed by atoms with van der Waals surface area (Å²) in [5.41, 5.74) is 2.82. The minimum absolute atomic E-state index is 0.0944. The molecule has 29 heavy (non-hydrogen) atoms. The van der Waals surface area contributed by atoms with Crippen LogP contribution in [0.1, 0.15) is 30.2 Å². The van der Waals surface area contributed by atoms with E-state index in [4.69, 9.17) is 8.83 Å². The Balaban J connectivity index is 1.30. The third kappa shape index (κ3) is 3.44. The minimum Gasteiger partial charge on any atom is -0.451 e. The Hall–Kier alpha value is -2.65. The van der Waals surface area contributed by atoms with Gasteiger partial charge in [-0.2, -0.15) is 4.31 Å². The third-order valence-corrected chi connectivity index (χ3v) is 7.25. The van der Waals surface area contributed by atoms with E-state index >= 15 is 0 Å². The Labute approximate surface area is 169 Å². The second-order valence-corrected chi connectivity index (χ2v) is 9.42. The lowest BCUT2D eigenvalue weighted by Gasteiger charge is -2.35. The molecule has 2 aliphatic rings. The first kappa shape index (κ1) is 18.4. The molecule has 0 unspecified atom stereocenters. The number of furan rings is 1. The van der Waals surface area contributed by atoms with E-state index in [0.29, 0.717) is 49.4 Å². The highest BCUT2D eigenvalue weighted by Crippen LogP contribution is 2.40. The van der Waals surface area contributed by atoms with Gasteiger partial charge < -0.3 is 13.7 Å². The lowest BCUT2D eigenvalue weighted by Crippen LogP contribution is -2.48. The monoisotopic (exact) mass is 414 g/mol. The summed E-state index contributed by atoms with van der Waals surface area (Å²) in [5, 5.41) is 7.96. The van der Waals surface area contributed by atoms with Gasteiger partial charge in [-0.1, -0.05) is 18.2 Å². The van der Waals surface area contributed by atoms with Gasteiger partial charge >= 0.3 is 0 Å². The lowest BCUT2D eigenvalue weighted by atomic mass is 10.1. The van der Waals surface area contributed by atoms with Crippen molar-refractivity contribution in [2.45, 2.75) is 30.8 Å². The second kappa shape index (κ2) is 7.00. The van der Waals surface area contributed by atoms with Gasteiger partial charge in [0, 0.05) is 43.9 Å². The van der Waals surface area contributed by atoms with Gasteiger partial charge in [0.15, 0.2) is 0 Å². The number of rotatable bonds is 5. The second-order valence-electron chi connectivity index (χ2n) is 7.55. The number of hydrogen-bond acceptors (Lipinski definition) is 7. The number of sulfonamides is 1. The van der Waals surface area contributed by atoms with Crippen molar-refractivity contribution in [3.8, 4) is 11.5 Å². The van der Waals surface area contributed by atoms with Crippen LogP contribution in [0, 0.1) is 6.92 Å². The van der Waals surface area contributed by atoms with Gasteiger partial charge in [-0.05, 0) is 31.4 Å². The molecule has 3 heterocycles. The van der Waals surface area contributed by atoms with E-state index in [0.717, 1.165) is 18.5 Å². The van der Waals surface area contributed by atoms with Crippen LogP contribution in [-0.4, -0.2) is 49.1 Å². The Morgan fingerprint density at radius 3 is 2.55 bits per heavy atom. The molecular formula is C20H22N4O4S. The molecular weight excluding hydrogens is 392 g/mol. The Bertz CT molecular complexity index is 1120. The fourth-order valence-corrected chi connectivity index (χ4v) is 4.97. The molecule has 1 saturated heterocycles. The van der Waals surface area contributed by atoms with Crippen LogP contribution in [0.4, 0.5) is 5.69 Å². The normalized spacial score (nSPS) is 18.3. The highest BCUT2D eigenvalue weighted by molar-refractivity contribution is 7.89. The van der Waals surface area contributed by atoms with Crippen LogP contribution >= 0.6 is 0 Å². The van der Waals surface area contributed by atoms with Crippen LogP contribution in [0.3, 0.4) is 0 Å². The van der Waals surface area contributed by atoms with Crippen molar-refractivity contribution in [1.82, 2.24) is 14.5 Å². The number of anilines is 1. The van der Waals surface area contributed by atoms with Crippen LogP contribution in [-0.2, 0) is 10.0 Å². The number of benzene rings is 1. The summed E-state index contributed by atoms with van der Waals surface area (Å²) in [5.74, 6) is 1.25. The Morgan fingerprint density at radius 1 is 1.07 bits per heavy atom. The van der Waals surface area contributed by atoms with Crippen molar-refractivity contribution in [2.24, 2.45) is 0 Å². The van der Waals surface area contributed by atoms with Gasteiger partial charge in [-0.25, -0.2) is 8.42 Å². The molecule has 1 aliphatic carbocycles. The van der Waals surface area contributed by atoms with Crippen molar-refractivity contribution in [3.05, 3.63) is 48.0 Å². The van der Waals surface area contributed by atoms with Crippen molar-refractivity contribution < 1.29 is 17.3 Å². The molecule has 0 spiro atoms. The number of piperazine rings is 1. The molecule has 0 radical (unpaired) electrons. The predicted octanol–water partition coefficient (Wildman–Crippen LogP) is 3.03. The number of aryl methyl sites for hydroxylation is 1. The largest absolute Gasteiger partial charge is 0.451 e. The van der Waals surface area contributed by atoms with Crippen molar-refractivity contribution in [2.75, 3.05) is 31.1 Å². The van der Waals surface area contributed by atoms with E-state index in [1.807, 2.05) is 12.1 Å². The lowest BCUT2D eigenvalue weighted by molar-refractivity contribution is 0.361. The molecule has 9 heteroatoms. The number of para-hydroxylation sites is 1. The molecule has 1 aliphatic heterocycles. The maximum atomic E-state index is 13.0. The SMILES string of the molecule is Cc1ccccc1N1CCN(S(=O)(=O)c2cc(-c3nnc(C4CC4)o3)co2)CC1. The fraction of sp³-hybridized carbons (Fsp3) is 0.400. The van der Waals surface area contributed by atoms with Crippen LogP contribution in [0.25, 0.3) is 11.5 Å². The average molecular weight is 414 g/mol. The molecule has 1 aromatic carbocycles. The molecule has 3 aromatic rings. The van der Waals surface area contributed by atoms with Crippen molar-refractivity contribution in [3.63, 3.8) is 0 Å². The van der Waals surface area contributed by atoms with Crippen LogP contribution < -0.4 is 4.90 Å². The molecule has 2 aromatic heterocycles. The standard InChI is InChI=1S/C20H22N4O4S/c1-14-4-2-3-5-17(14)23-8-10-24(11-9-23)29(25,26)18-12-16(13-27-18)20-22-21-19(28-20)15-6-7-15/h2-5,12-13,15H,6-11H2,1H3. The molecule has 5 rings (SSSR count). The zero-order valence-electron chi connectivity index (χ0n) is 16.1. The molecule has 0 bridgehead atoms. The maximum absolute atomic E-state index is 13.0. The highest BCUT2D eigenvalue weighted by Gasteiger charge is 2.33. The summed E-state index contributed by atoms with van der Waals surface area (Å²) in [4.78, 5) is 2.22. The quantitative estimate of drug-likeness (QED) is 0.633. The van der Waals surface area contributed by atoms with Crippen molar-refractivity contribution in [1.29, 1.82) is 0 Å². The van der Waals surface area contributed by atoms with E-state index in [2.05, 4.69) is 34.2 Å². The fourth-order valence-electron chi connectivity index (χ4n) is 3.63. The van der Waals surface area contributed by atoms with E-state index in [9.17, 15) is 8.42 Å². The molecule has 0 atom stereocenters. The number of aromatic nitrogens is 2. The van der Waals surface area contributed by atoms with Crippen molar-refractivity contribution >= 4 is 15.7 Å². The van der Waals surface area contributed by atoms with E-state index < -0.39 is 10.0 Å². The van der Waals surface area contributed by atoms with Gasteiger partial charge in [-0.3, -0.25) is 0 Å². The maximum Gasteiger partial charge on any atom is 0.276 e. The molecule has 0 N–H and O–H groups in total.